The molecule has 1 heterocycles. The van der Waals surface area contributed by atoms with Gasteiger partial charge in [0.1, 0.15) is 4.88 Å². The van der Waals surface area contributed by atoms with Crippen LogP contribution >= 0.6 is 11.3 Å². The van der Waals surface area contributed by atoms with Gasteiger partial charge in [-0.05, 0) is 41.5 Å². The van der Waals surface area contributed by atoms with Gasteiger partial charge in [0.05, 0.1) is 6.26 Å². The van der Waals surface area contributed by atoms with Gasteiger partial charge in [0, 0.05) is 18.0 Å². The van der Waals surface area contributed by atoms with Crippen molar-refractivity contribution in [2.24, 2.45) is 0 Å². The topological polar surface area (TPSA) is 74.7 Å². The average Bonchev–Trinajstić information content (AvgIpc) is 3.01. The van der Waals surface area contributed by atoms with E-state index >= 15 is 0 Å². The zero-order valence-corrected chi connectivity index (χ0v) is 17.9. The molecule has 148 valence electrons. The lowest BCUT2D eigenvalue weighted by Gasteiger charge is -2.26. The molecule has 0 saturated heterocycles. The molecule has 0 aliphatic carbocycles. The molecule has 0 atom stereocenters. The maximum absolute atomic E-state index is 12.3. The van der Waals surface area contributed by atoms with E-state index in [1.54, 1.807) is 12.1 Å². The molecule has 0 unspecified atom stereocenters. The van der Waals surface area contributed by atoms with Gasteiger partial charge in [0.25, 0.3) is 0 Å². The van der Waals surface area contributed by atoms with E-state index in [9.17, 15) is 13.2 Å². The largest absolute Gasteiger partial charge is 0.477 e. The number of sulfonamides is 1. The second-order valence-electron chi connectivity index (χ2n) is 7.68. The van der Waals surface area contributed by atoms with Crippen LogP contribution in [0.1, 0.15) is 52.9 Å². The summed E-state index contributed by atoms with van der Waals surface area (Å²) >= 11 is 1.24. The Bertz CT molecular complexity index is 895. The van der Waals surface area contributed by atoms with E-state index in [2.05, 4.69) is 26.8 Å². The van der Waals surface area contributed by atoms with Gasteiger partial charge in [-0.25, -0.2) is 13.2 Å². The molecule has 2 aromatic rings. The second kappa shape index (κ2) is 8.54. The van der Waals surface area contributed by atoms with Crippen molar-refractivity contribution in [3.63, 3.8) is 0 Å². The quantitative estimate of drug-likeness (QED) is 0.711. The Morgan fingerprint density at radius 2 is 1.81 bits per heavy atom. The fourth-order valence-electron chi connectivity index (χ4n) is 3.00. The van der Waals surface area contributed by atoms with E-state index in [4.69, 9.17) is 5.11 Å². The molecule has 1 aromatic heterocycles. The Kier molecular flexibility index (Phi) is 6.83. The Morgan fingerprint density at radius 1 is 1.15 bits per heavy atom. The molecule has 0 fully saturated rings. The summed E-state index contributed by atoms with van der Waals surface area (Å²) in [4.78, 5) is 12.2. The van der Waals surface area contributed by atoms with Crippen molar-refractivity contribution in [1.82, 2.24) is 4.31 Å². The molecule has 0 amide bonds. The molecular formula is C20H27NO4S2. The molecule has 0 radical (unpaired) electrons. The second-order valence-corrected chi connectivity index (χ2v) is 10.8. The first-order chi connectivity index (χ1) is 12.5. The van der Waals surface area contributed by atoms with Crippen LogP contribution in [0.25, 0.3) is 0 Å². The minimum atomic E-state index is -3.35. The van der Waals surface area contributed by atoms with Crippen LogP contribution in [0.3, 0.4) is 0 Å². The number of carboxylic acid groups (broad SMARTS) is 1. The number of rotatable bonds is 8. The van der Waals surface area contributed by atoms with Crippen molar-refractivity contribution in [1.29, 1.82) is 0 Å². The Labute approximate surface area is 165 Å². The highest BCUT2D eigenvalue weighted by Gasteiger charge is 2.22. The van der Waals surface area contributed by atoms with Crippen LogP contribution in [0.5, 0.6) is 0 Å². The van der Waals surface area contributed by atoms with Gasteiger partial charge in [-0.15, -0.1) is 11.3 Å². The third-order valence-electron chi connectivity index (χ3n) is 4.34. The fourth-order valence-corrected chi connectivity index (χ4v) is 4.72. The van der Waals surface area contributed by atoms with E-state index in [-0.39, 0.29) is 5.41 Å². The highest BCUT2D eigenvalue weighted by molar-refractivity contribution is 7.88. The number of hydrogen-bond donors (Lipinski definition) is 1. The molecule has 27 heavy (non-hydrogen) atoms. The predicted octanol–water partition coefficient (Wildman–Crippen LogP) is 4.14. The Hall–Kier alpha value is -1.70. The maximum Gasteiger partial charge on any atom is 0.345 e. The Morgan fingerprint density at radius 3 is 2.37 bits per heavy atom. The van der Waals surface area contributed by atoms with Gasteiger partial charge in [0.15, 0.2) is 0 Å². The minimum Gasteiger partial charge on any atom is -0.477 e. The molecular weight excluding hydrogens is 382 g/mol. The number of thiophene rings is 1. The lowest BCUT2D eigenvalue weighted by Crippen LogP contribution is -2.32. The molecule has 1 aromatic carbocycles. The number of benzene rings is 1. The molecule has 1 N–H and O–H groups in total. The zero-order valence-electron chi connectivity index (χ0n) is 16.2. The molecule has 7 heteroatoms. The van der Waals surface area contributed by atoms with Crippen molar-refractivity contribution in [3.8, 4) is 0 Å². The number of carbonyl (C=O) groups is 1. The summed E-state index contributed by atoms with van der Waals surface area (Å²) in [5.74, 6) is -0.928. The summed E-state index contributed by atoms with van der Waals surface area (Å²) in [5, 5.41) is 9.00. The number of aryl methyl sites for hydroxylation is 1. The van der Waals surface area contributed by atoms with Crippen LogP contribution in [-0.4, -0.2) is 36.6 Å². The standard InChI is InChI=1S/C20H27NO4S2/c1-20(2,3)17-10-6-5-8-15(17)14-21(27(4,24)25)13-7-9-16-11-12-18(26-16)19(22)23/h5-6,8,10-12H,7,9,13-14H2,1-4H3,(H,22,23). The van der Waals surface area contributed by atoms with E-state index in [0.29, 0.717) is 30.8 Å². The number of aromatic carboxylic acids is 1. The summed E-state index contributed by atoms with van der Waals surface area (Å²) in [6, 6.07) is 11.3. The number of hydrogen-bond acceptors (Lipinski definition) is 4. The molecule has 0 aliphatic heterocycles. The van der Waals surface area contributed by atoms with Gasteiger partial charge in [-0.1, -0.05) is 45.0 Å². The van der Waals surface area contributed by atoms with Crippen molar-refractivity contribution < 1.29 is 18.3 Å². The van der Waals surface area contributed by atoms with Crippen molar-refractivity contribution in [2.75, 3.05) is 12.8 Å². The van der Waals surface area contributed by atoms with Gasteiger partial charge < -0.3 is 5.11 Å². The van der Waals surface area contributed by atoms with E-state index in [1.807, 2.05) is 18.2 Å². The van der Waals surface area contributed by atoms with Gasteiger partial charge in [-0.3, -0.25) is 0 Å². The third kappa shape index (κ3) is 6.16. The fraction of sp³-hybridized carbons (Fsp3) is 0.450. The van der Waals surface area contributed by atoms with Crippen LogP contribution in [0.15, 0.2) is 36.4 Å². The number of nitrogens with zero attached hydrogens (tertiary/aromatic N) is 1. The van der Waals surface area contributed by atoms with Crippen LogP contribution < -0.4 is 0 Å². The van der Waals surface area contributed by atoms with E-state index < -0.39 is 16.0 Å². The Balaban J connectivity index is 2.10. The molecule has 0 spiro atoms. The average molecular weight is 410 g/mol. The van der Waals surface area contributed by atoms with Crippen LogP contribution in [0.2, 0.25) is 0 Å². The first-order valence-corrected chi connectivity index (χ1v) is 11.5. The predicted molar refractivity (Wildman–Crippen MR) is 110 cm³/mol. The summed E-state index contributed by atoms with van der Waals surface area (Å²) in [5.41, 5.74) is 2.09. The normalized spacial score (nSPS) is 12.5. The molecule has 0 bridgehead atoms. The van der Waals surface area contributed by atoms with Gasteiger partial charge in [-0.2, -0.15) is 4.31 Å². The van der Waals surface area contributed by atoms with Crippen molar-refractivity contribution >= 4 is 27.3 Å². The minimum absolute atomic E-state index is 0.0655. The first-order valence-electron chi connectivity index (χ1n) is 8.84. The summed E-state index contributed by atoms with van der Waals surface area (Å²) in [7, 11) is -3.35. The highest BCUT2D eigenvalue weighted by Crippen LogP contribution is 2.27. The third-order valence-corrected chi connectivity index (χ3v) is 6.73. The zero-order chi connectivity index (χ0) is 20.2. The lowest BCUT2D eigenvalue weighted by atomic mass is 9.84. The molecule has 2 rings (SSSR count). The highest BCUT2D eigenvalue weighted by atomic mass is 32.2. The van der Waals surface area contributed by atoms with Gasteiger partial charge in [0.2, 0.25) is 10.0 Å². The van der Waals surface area contributed by atoms with Crippen molar-refractivity contribution in [2.45, 2.75) is 45.6 Å². The van der Waals surface area contributed by atoms with Crippen molar-refractivity contribution in [3.05, 3.63) is 57.3 Å². The molecule has 5 nitrogen and oxygen atoms in total. The first kappa shape index (κ1) is 21.6. The smallest absolute Gasteiger partial charge is 0.345 e. The van der Waals surface area contributed by atoms with Gasteiger partial charge >= 0.3 is 5.97 Å². The summed E-state index contributed by atoms with van der Waals surface area (Å²) in [6.45, 7) is 7.10. The SMILES string of the molecule is CC(C)(C)c1ccccc1CN(CCCc1ccc(C(=O)O)s1)S(C)(=O)=O. The summed E-state index contributed by atoms with van der Waals surface area (Å²) < 4.78 is 26.1. The maximum atomic E-state index is 12.3. The van der Waals surface area contributed by atoms with Crippen LogP contribution in [0.4, 0.5) is 0 Å². The lowest BCUT2D eigenvalue weighted by molar-refractivity contribution is 0.0702. The van der Waals surface area contributed by atoms with Crippen LogP contribution in [-0.2, 0) is 28.4 Å². The molecule has 0 aliphatic rings. The van der Waals surface area contributed by atoms with E-state index in [0.717, 1.165) is 16.0 Å². The molecule has 0 saturated carbocycles. The van der Waals surface area contributed by atoms with E-state index in [1.165, 1.54) is 21.9 Å². The van der Waals surface area contributed by atoms with Crippen LogP contribution in [0, 0.1) is 0 Å². The summed E-state index contributed by atoms with van der Waals surface area (Å²) in [6.07, 6.45) is 2.54. The number of carboxylic acids is 1. The monoisotopic (exact) mass is 409 g/mol.